The fraction of sp³-hybridized carbons (Fsp3) is 0.391. The lowest BCUT2D eigenvalue weighted by Crippen LogP contribution is -2.46. The molecular formula is C23H23F2N3O5. The van der Waals surface area contributed by atoms with Crippen molar-refractivity contribution in [1.29, 1.82) is 0 Å². The molecule has 5 rings (SSSR count). The van der Waals surface area contributed by atoms with Crippen molar-refractivity contribution in [3.05, 3.63) is 53.4 Å². The second-order valence-electron chi connectivity index (χ2n) is 8.89. The van der Waals surface area contributed by atoms with Crippen molar-refractivity contribution >= 4 is 16.9 Å². The van der Waals surface area contributed by atoms with Gasteiger partial charge in [-0.25, -0.2) is 13.8 Å². The number of halogens is 2. The quantitative estimate of drug-likeness (QED) is 0.523. The molecule has 174 valence electrons. The number of nitrogens with one attached hydrogen (secondary N) is 1. The van der Waals surface area contributed by atoms with Gasteiger partial charge in [-0.2, -0.15) is 0 Å². The topological polar surface area (TPSA) is 109 Å². The van der Waals surface area contributed by atoms with Gasteiger partial charge in [0, 0.05) is 29.8 Å². The average Bonchev–Trinajstić information content (AvgIpc) is 3.22. The molecule has 0 amide bonds. The van der Waals surface area contributed by atoms with E-state index in [-0.39, 0.29) is 38.6 Å². The number of H-pyrrole nitrogens is 1. The van der Waals surface area contributed by atoms with Gasteiger partial charge in [-0.3, -0.25) is 4.99 Å². The summed E-state index contributed by atoms with van der Waals surface area (Å²) in [5, 5.41) is 20.5. The van der Waals surface area contributed by atoms with Gasteiger partial charge < -0.3 is 29.4 Å². The summed E-state index contributed by atoms with van der Waals surface area (Å²) in [6, 6.07) is 3.83. The van der Waals surface area contributed by atoms with Gasteiger partial charge in [0.15, 0.2) is 23.3 Å². The Bertz CT molecular complexity index is 1220. The van der Waals surface area contributed by atoms with E-state index in [1.165, 1.54) is 24.4 Å². The summed E-state index contributed by atoms with van der Waals surface area (Å²) in [6.45, 7) is 2.66. The van der Waals surface area contributed by atoms with E-state index < -0.39 is 28.4 Å². The van der Waals surface area contributed by atoms with Crippen LogP contribution in [0.15, 0.2) is 35.6 Å². The van der Waals surface area contributed by atoms with Crippen LogP contribution in [0.5, 0.6) is 11.5 Å². The van der Waals surface area contributed by atoms with Crippen LogP contribution in [0.2, 0.25) is 0 Å². The van der Waals surface area contributed by atoms with Crippen molar-refractivity contribution in [2.24, 2.45) is 10.4 Å². The first-order valence-corrected chi connectivity index (χ1v) is 10.5. The Morgan fingerprint density at radius 1 is 1.21 bits per heavy atom. The molecule has 1 aromatic carbocycles. The largest absolute Gasteiger partial charge is 0.480 e. The van der Waals surface area contributed by atoms with E-state index in [0.717, 1.165) is 0 Å². The number of aliphatic imine (C=N–C) groups is 1. The molecule has 2 aliphatic rings. The van der Waals surface area contributed by atoms with Gasteiger partial charge in [-0.05, 0) is 23.8 Å². The first-order valence-electron chi connectivity index (χ1n) is 10.5. The second-order valence-corrected chi connectivity index (χ2v) is 8.89. The maximum Gasteiger partial charge on any atom is 0.198 e. The van der Waals surface area contributed by atoms with E-state index in [1.807, 2.05) is 6.92 Å². The van der Waals surface area contributed by atoms with Crippen LogP contribution in [0.25, 0.3) is 11.0 Å². The summed E-state index contributed by atoms with van der Waals surface area (Å²) in [4.78, 5) is 11.4. The number of rotatable bonds is 6. The number of hydrogen-bond acceptors (Lipinski definition) is 7. The first kappa shape index (κ1) is 21.7. The molecular weight excluding hydrogens is 436 g/mol. The molecule has 2 aliphatic heterocycles. The third kappa shape index (κ3) is 3.94. The summed E-state index contributed by atoms with van der Waals surface area (Å²) < 4.78 is 46.1. The molecule has 4 heterocycles. The van der Waals surface area contributed by atoms with Crippen molar-refractivity contribution in [2.75, 3.05) is 33.0 Å². The van der Waals surface area contributed by atoms with Gasteiger partial charge >= 0.3 is 0 Å². The second kappa shape index (κ2) is 8.05. The van der Waals surface area contributed by atoms with Crippen molar-refractivity contribution in [1.82, 2.24) is 9.97 Å². The van der Waals surface area contributed by atoms with Crippen LogP contribution in [0.4, 0.5) is 8.78 Å². The predicted octanol–water partition coefficient (Wildman–Crippen LogP) is 2.82. The zero-order valence-electron chi connectivity index (χ0n) is 17.9. The zero-order chi connectivity index (χ0) is 23.2. The molecule has 0 bridgehead atoms. The Morgan fingerprint density at radius 2 is 1.97 bits per heavy atom. The molecule has 8 nitrogen and oxygen atoms in total. The highest BCUT2D eigenvalue weighted by Gasteiger charge is 2.41. The number of aromatic amines is 1. The minimum absolute atomic E-state index is 0.0609. The van der Waals surface area contributed by atoms with E-state index in [2.05, 4.69) is 15.0 Å². The fourth-order valence-electron chi connectivity index (χ4n) is 3.86. The van der Waals surface area contributed by atoms with E-state index in [0.29, 0.717) is 34.6 Å². The summed E-state index contributed by atoms with van der Waals surface area (Å²) in [5.41, 5.74) is -0.419. The number of pyridine rings is 1. The SMILES string of the molecule is CC1(CO)CN=C(Cc2cc(F)c(Oc3ccnc4[nH]cc(C5(O)COC5)c34)c(F)c2)OC1. The molecule has 10 heteroatoms. The molecule has 0 radical (unpaired) electrons. The molecule has 0 aliphatic carbocycles. The lowest BCUT2D eigenvalue weighted by Gasteiger charge is -2.36. The maximum atomic E-state index is 14.9. The van der Waals surface area contributed by atoms with E-state index >= 15 is 0 Å². The van der Waals surface area contributed by atoms with Crippen molar-refractivity contribution in [2.45, 2.75) is 18.9 Å². The smallest absolute Gasteiger partial charge is 0.198 e. The Morgan fingerprint density at radius 3 is 2.58 bits per heavy atom. The van der Waals surface area contributed by atoms with Crippen LogP contribution in [0, 0.1) is 17.0 Å². The van der Waals surface area contributed by atoms with Gasteiger partial charge in [-0.15, -0.1) is 0 Å². The number of aromatic nitrogens is 2. The number of benzene rings is 1. The van der Waals surface area contributed by atoms with E-state index in [4.69, 9.17) is 14.2 Å². The van der Waals surface area contributed by atoms with E-state index in [1.54, 1.807) is 6.20 Å². The van der Waals surface area contributed by atoms with Crippen molar-refractivity contribution < 1.29 is 33.2 Å². The van der Waals surface area contributed by atoms with Crippen molar-refractivity contribution in [3.8, 4) is 11.5 Å². The van der Waals surface area contributed by atoms with Gasteiger partial charge in [0.25, 0.3) is 0 Å². The molecule has 1 saturated heterocycles. The molecule has 1 fully saturated rings. The van der Waals surface area contributed by atoms with Gasteiger partial charge in [0.1, 0.15) is 17.0 Å². The Kier molecular flexibility index (Phi) is 5.31. The lowest BCUT2D eigenvalue weighted by atomic mass is 9.92. The number of ether oxygens (including phenoxy) is 3. The molecule has 2 aromatic heterocycles. The average molecular weight is 459 g/mol. The van der Waals surface area contributed by atoms with Crippen LogP contribution in [0.1, 0.15) is 18.1 Å². The minimum atomic E-state index is -1.22. The summed E-state index contributed by atoms with van der Waals surface area (Å²) in [6.07, 6.45) is 3.15. The molecule has 3 N–H and O–H groups in total. The van der Waals surface area contributed by atoms with Crippen LogP contribution < -0.4 is 4.74 Å². The monoisotopic (exact) mass is 459 g/mol. The zero-order valence-corrected chi connectivity index (χ0v) is 17.9. The highest BCUT2D eigenvalue weighted by atomic mass is 19.1. The Hall–Kier alpha value is -3.08. The molecule has 1 atom stereocenters. The third-order valence-electron chi connectivity index (χ3n) is 5.95. The summed E-state index contributed by atoms with van der Waals surface area (Å²) >= 11 is 0. The summed E-state index contributed by atoms with van der Waals surface area (Å²) in [7, 11) is 0. The van der Waals surface area contributed by atoms with Crippen molar-refractivity contribution in [3.63, 3.8) is 0 Å². The Balaban J connectivity index is 1.41. The minimum Gasteiger partial charge on any atom is -0.480 e. The van der Waals surface area contributed by atoms with E-state index in [9.17, 15) is 19.0 Å². The number of nitrogens with zero attached hydrogens (tertiary/aromatic N) is 2. The molecule has 3 aromatic rings. The third-order valence-corrected chi connectivity index (χ3v) is 5.95. The fourth-order valence-corrected chi connectivity index (χ4v) is 3.86. The van der Waals surface area contributed by atoms with Crippen LogP contribution >= 0.6 is 0 Å². The Labute approximate surface area is 187 Å². The maximum absolute atomic E-state index is 14.9. The summed E-state index contributed by atoms with van der Waals surface area (Å²) in [5.74, 6) is -1.80. The van der Waals surface area contributed by atoms with Crippen LogP contribution in [-0.2, 0) is 21.5 Å². The van der Waals surface area contributed by atoms with Gasteiger partial charge in [0.05, 0.1) is 38.4 Å². The number of aliphatic hydroxyl groups excluding tert-OH is 1. The van der Waals surface area contributed by atoms with Gasteiger partial charge in [-0.1, -0.05) is 6.92 Å². The standard InChI is InChI=1S/C23H23F2N3O5/c1-22(9-29)8-28-18(32-10-22)6-13-4-15(24)20(16(25)5-13)33-17-2-3-26-21-19(17)14(7-27-21)23(30)11-31-12-23/h2-5,7,29-30H,6,8-12H2,1H3,(H,26,27). The highest BCUT2D eigenvalue weighted by molar-refractivity contribution is 5.87. The van der Waals surface area contributed by atoms with Crippen LogP contribution in [-0.4, -0.2) is 59.1 Å². The number of aliphatic hydroxyl groups is 2. The predicted molar refractivity (Wildman–Crippen MR) is 114 cm³/mol. The highest BCUT2D eigenvalue weighted by Crippen LogP contribution is 2.40. The first-order chi connectivity index (χ1) is 15.8. The molecule has 1 unspecified atom stereocenters. The van der Waals surface area contributed by atoms with Gasteiger partial charge in [0.2, 0.25) is 0 Å². The number of fused-ring (bicyclic) bond motifs is 1. The molecule has 33 heavy (non-hydrogen) atoms. The molecule has 0 saturated carbocycles. The lowest BCUT2D eigenvalue weighted by molar-refractivity contribution is -0.183. The number of hydrogen-bond donors (Lipinski definition) is 3. The van der Waals surface area contributed by atoms with Crippen LogP contribution in [0.3, 0.4) is 0 Å². The molecule has 0 spiro atoms. The normalized spacial score (nSPS) is 21.9.